The molecule has 10 nitrogen and oxygen atoms in total. The van der Waals surface area contributed by atoms with E-state index >= 15 is 0 Å². The van der Waals surface area contributed by atoms with Crippen LogP contribution in [0.5, 0.6) is 17.2 Å². The molecule has 0 aliphatic carbocycles. The molecule has 0 unspecified atom stereocenters. The number of fused-ring (bicyclic) bond motifs is 1. The molecule has 1 heterocycles. The number of amides is 3. The molecule has 3 amide bonds. The predicted molar refractivity (Wildman–Crippen MR) is 136 cm³/mol. The zero-order valence-electron chi connectivity index (χ0n) is 18.5. The van der Waals surface area contributed by atoms with Crippen LogP contribution in [0, 0.1) is 0 Å². The summed E-state index contributed by atoms with van der Waals surface area (Å²) in [5, 5.41) is 19.0. The number of urea groups is 1. The van der Waals surface area contributed by atoms with E-state index in [1.165, 1.54) is 23.2 Å². The number of methoxy groups -OCH3 is 1. The third-order valence-electron chi connectivity index (χ3n) is 4.86. The molecule has 1 aliphatic heterocycles. The molecule has 4 rings (SSSR count). The number of benzene rings is 3. The Morgan fingerprint density at radius 1 is 1.11 bits per heavy atom. The number of hydrazone groups is 1. The molecule has 0 saturated heterocycles. The number of hydrogen-bond acceptors (Lipinski definition) is 7. The number of nitrogens with one attached hydrogen (secondary N) is 3. The Morgan fingerprint density at radius 2 is 1.89 bits per heavy atom. The fraction of sp³-hybridized carbons (Fsp3) is 0.0833. The Hall–Kier alpha value is -4.64. The summed E-state index contributed by atoms with van der Waals surface area (Å²) in [5.74, 6) is 0.831. The van der Waals surface area contributed by atoms with Gasteiger partial charge in [0.25, 0.3) is 5.91 Å². The van der Waals surface area contributed by atoms with Gasteiger partial charge in [-0.1, -0.05) is 6.07 Å². The Balaban J connectivity index is 1.42. The summed E-state index contributed by atoms with van der Waals surface area (Å²) in [4.78, 5) is 26.1. The quantitative estimate of drug-likeness (QED) is 0.244. The molecule has 0 atom stereocenters. The first-order valence-corrected chi connectivity index (χ1v) is 10.8. The summed E-state index contributed by atoms with van der Waals surface area (Å²) in [6.45, 7) is -0.209. The van der Waals surface area contributed by atoms with Crippen molar-refractivity contribution in [2.75, 3.05) is 29.3 Å². The van der Waals surface area contributed by atoms with Gasteiger partial charge in [0.05, 0.1) is 19.0 Å². The number of rotatable bonds is 5. The summed E-state index contributed by atoms with van der Waals surface area (Å²) < 4.78 is 10.8. The van der Waals surface area contributed by atoms with Gasteiger partial charge in [-0.05, 0) is 66.3 Å². The van der Waals surface area contributed by atoms with Crippen LogP contribution in [0.15, 0.2) is 71.8 Å². The molecule has 0 bridgehead atoms. The number of hydrogen-bond donors (Lipinski definition) is 4. The van der Waals surface area contributed by atoms with Gasteiger partial charge in [-0.2, -0.15) is 5.10 Å². The molecule has 4 N–H and O–H groups in total. The van der Waals surface area contributed by atoms with Gasteiger partial charge < -0.3 is 25.2 Å². The first-order chi connectivity index (χ1) is 16.9. The lowest BCUT2D eigenvalue weighted by Gasteiger charge is -2.30. The largest absolute Gasteiger partial charge is 0.508 e. The lowest BCUT2D eigenvalue weighted by atomic mass is 10.2. The number of anilines is 3. The Labute approximate surface area is 206 Å². The van der Waals surface area contributed by atoms with E-state index in [0.29, 0.717) is 34.1 Å². The third-order valence-corrected chi connectivity index (χ3v) is 5.14. The minimum absolute atomic E-state index is 0.139. The summed E-state index contributed by atoms with van der Waals surface area (Å²) in [5.41, 5.74) is 4.60. The fourth-order valence-corrected chi connectivity index (χ4v) is 3.54. The Bertz CT molecular complexity index is 1300. The average molecular weight is 492 g/mol. The maximum Gasteiger partial charge on any atom is 0.339 e. The zero-order chi connectivity index (χ0) is 24.8. The highest BCUT2D eigenvalue weighted by atomic mass is 32.1. The van der Waals surface area contributed by atoms with Crippen molar-refractivity contribution in [1.29, 1.82) is 0 Å². The van der Waals surface area contributed by atoms with Crippen molar-refractivity contribution in [3.63, 3.8) is 0 Å². The number of phenols is 1. The van der Waals surface area contributed by atoms with Gasteiger partial charge in [-0.25, -0.2) is 10.2 Å². The van der Waals surface area contributed by atoms with Crippen molar-refractivity contribution in [2.45, 2.75) is 0 Å². The molecule has 0 aromatic heterocycles. The number of carbonyl (C=O) groups is 2. The summed E-state index contributed by atoms with van der Waals surface area (Å²) in [7, 11) is 1.56. The van der Waals surface area contributed by atoms with Gasteiger partial charge in [0.2, 0.25) is 0 Å². The first-order valence-electron chi connectivity index (χ1n) is 10.4. The van der Waals surface area contributed by atoms with Crippen LogP contribution in [-0.2, 0) is 4.79 Å². The van der Waals surface area contributed by atoms with Crippen LogP contribution in [0.2, 0.25) is 0 Å². The second-order valence-corrected chi connectivity index (χ2v) is 7.66. The molecule has 178 valence electrons. The molecule has 3 aromatic rings. The van der Waals surface area contributed by atoms with Crippen LogP contribution in [0.1, 0.15) is 5.56 Å². The van der Waals surface area contributed by atoms with Gasteiger partial charge in [0.15, 0.2) is 11.7 Å². The molecular weight excluding hydrogens is 470 g/mol. The second kappa shape index (κ2) is 10.5. The maximum atomic E-state index is 12.6. The predicted octanol–water partition coefficient (Wildman–Crippen LogP) is 3.68. The number of ether oxygens (including phenoxy) is 2. The molecule has 1 aliphatic rings. The van der Waals surface area contributed by atoms with Crippen molar-refractivity contribution >= 4 is 52.5 Å². The van der Waals surface area contributed by atoms with E-state index in [0.717, 1.165) is 0 Å². The summed E-state index contributed by atoms with van der Waals surface area (Å²) in [6, 6.07) is 17.8. The summed E-state index contributed by atoms with van der Waals surface area (Å²) >= 11 is 5.47. The molecule has 35 heavy (non-hydrogen) atoms. The van der Waals surface area contributed by atoms with E-state index in [1.807, 2.05) is 0 Å². The van der Waals surface area contributed by atoms with E-state index in [9.17, 15) is 14.7 Å². The molecule has 0 radical (unpaired) electrons. The normalized spacial score (nSPS) is 12.5. The zero-order valence-corrected chi connectivity index (χ0v) is 19.3. The van der Waals surface area contributed by atoms with Gasteiger partial charge in [-0.15, -0.1) is 0 Å². The highest BCUT2D eigenvalue weighted by molar-refractivity contribution is 7.80. The average Bonchev–Trinajstić information content (AvgIpc) is 2.85. The topological polar surface area (TPSA) is 125 Å². The van der Waals surface area contributed by atoms with E-state index in [-0.39, 0.29) is 23.4 Å². The van der Waals surface area contributed by atoms with Gasteiger partial charge in [0, 0.05) is 23.5 Å². The molecule has 0 saturated carbocycles. The Kier molecular flexibility index (Phi) is 7.07. The number of aromatic hydroxyl groups is 1. The SMILES string of the molecule is COc1cccc(NC(=S)N2C(=O)COc3cc(NC(=O)N/N=C/c4ccc(O)cc4)ccc32)c1. The van der Waals surface area contributed by atoms with E-state index < -0.39 is 6.03 Å². The van der Waals surface area contributed by atoms with Crippen molar-refractivity contribution < 1.29 is 24.2 Å². The fourth-order valence-electron chi connectivity index (χ4n) is 3.22. The van der Waals surface area contributed by atoms with Crippen LogP contribution in [-0.4, -0.2) is 42.1 Å². The second-order valence-electron chi connectivity index (χ2n) is 7.28. The standard InChI is InChI=1S/C24H21N5O5S/c1-33-19-4-2-3-16(11-19)27-24(35)29-20-10-7-17(12-21(20)34-14-22(29)31)26-23(32)28-25-13-15-5-8-18(30)9-6-15/h2-13,30H,14H2,1H3,(H,27,35)(H2,26,28,32)/b25-13+. The van der Waals surface area contributed by atoms with E-state index in [4.69, 9.17) is 21.7 Å². The van der Waals surface area contributed by atoms with E-state index in [2.05, 4.69) is 21.2 Å². The van der Waals surface area contributed by atoms with Gasteiger partial charge in [0.1, 0.15) is 17.2 Å². The van der Waals surface area contributed by atoms with Crippen molar-refractivity contribution in [3.8, 4) is 17.2 Å². The molecule has 0 spiro atoms. The molecule has 0 fully saturated rings. The van der Waals surface area contributed by atoms with Crippen molar-refractivity contribution in [3.05, 3.63) is 72.3 Å². The smallest absolute Gasteiger partial charge is 0.339 e. The number of thiocarbonyl (C=S) groups is 1. The minimum Gasteiger partial charge on any atom is -0.508 e. The number of nitrogens with zero attached hydrogens (tertiary/aromatic N) is 2. The highest BCUT2D eigenvalue weighted by Crippen LogP contribution is 2.35. The Morgan fingerprint density at radius 3 is 2.66 bits per heavy atom. The third kappa shape index (κ3) is 5.84. The van der Waals surface area contributed by atoms with Crippen molar-refractivity contribution in [1.82, 2.24) is 5.43 Å². The lowest BCUT2D eigenvalue weighted by Crippen LogP contribution is -2.45. The number of carbonyl (C=O) groups excluding carboxylic acids is 2. The maximum absolute atomic E-state index is 12.6. The van der Waals surface area contributed by atoms with Gasteiger partial charge >= 0.3 is 6.03 Å². The molecule has 3 aromatic carbocycles. The van der Waals surface area contributed by atoms with Crippen LogP contribution >= 0.6 is 12.2 Å². The minimum atomic E-state index is -0.570. The van der Waals surface area contributed by atoms with Crippen LogP contribution in [0.25, 0.3) is 0 Å². The van der Waals surface area contributed by atoms with Crippen LogP contribution < -0.4 is 30.4 Å². The highest BCUT2D eigenvalue weighted by Gasteiger charge is 2.29. The van der Waals surface area contributed by atoms with Crippen molar-refractivity contribution in [2.24, 2.45) is 5.10 Å². The van der Waals surface area contributed by atoms with Crippen LogP contribution in [0.4, 0.5) is 21.9 Å². The molecular formula is C24H21N5O5S. The van der Waals surface area contributed by atoms with Gasteiger partial charge in [-0.3, -0.25) is 9.69 Å². The van der Waals surface area contributed by atoms with E-state index in [1.54, 1.807) is 61.7 Å². The lowest BCUT2D eigenvalue weighted by molar-refractivity contribution is -0.120. The number of phenolic OH excluding ortho intramolecular Hbond substituents is 1. The summed E-state index contributed by atoms with van der Waals surface area (Å²) in [6.07, 6.45) is 1.44. The monoisotopic (exact) mass is 491 g/mol. The van der Waals surface area contributed by atoms with Crippen LogP contribution in [0.3, 0.4) is 0 Å². The molecule has 11 heteroatoms. The first kappa shape index (κ1) is 23.5.